The van der Waals surface area contributed by atoms with Crippen LogP contribution in [0.15, 0.2) is 53.7 Å². The molecule has 0 unspecified atom stereocenters. The Labute approximate surface area is 131 Å². The fourth-order valence-electron chi connectivity index (χ4n) is 2.26. The summed E-state index contributed by atoms with van der Waals surface area (Å²) in [5.74, 6) is -1.01. The van der Waals surface area contributed by atoms with E-state index in [1.54, 1.807) is 24.3 Å². The molecule has 0 fully saturated rings. The Morgan fingerprint density at radius 1 is 1.17 bits per heavy atom. The number of carbonyl (C=O) groups is 1. The summed E-state index contributed by atoms with van der Waals surface area (Å²) in [4.78, 5) is 17.2. The van der Waals surface area contributed by atoms with E-state index < -0.39 is 6.10 Å². The number of rotatable bonds is 4. The maximum Gasteiger partial charge on any atom is 0.264 e. The fraction of sp³-hybridized carbons (Fsp3) is 0.176. The second-order valence-corrected chi connectivity index (χ2v) is 5.19. The molecule has 2 aromatic carbocycles. The largest absolute Gasteiger partial charge is 0.382 e. The minimum Gasteiger partial charge on any atom is -0.382 e. The first-order chi connectivity index (χ1) is 11.1. The van der Waals surface area contributed by atoms with Crippen LogP contribution in [0.25, 0.3) is 0 Å². The van der Waals surface area contributed by atoms with Gasteiger partial charge in [-0.25, -0.2) is 8.78 Å². The lowest BCUT2D eigenvalue weighted by atomic mass is 10.0. The molecule has 4 nitrogen and oxygen atoms in total. The quantitative estimate of drug-likeness (QED) is 0.943. The highest BCUT2D eigenvalue weighted by molar-refractivity contribution is 6.04. The molecule has 1 heterocycles. The molecular weight excluding hydrogens is 302 g/mol. The van der Waals surface area contributed by atoms with Crippen molar-refractivity contribution in [1.82, 2.24) is 5.32 Å². The number of nitrogens with one attached hydrogen (secondary N) is 1. The average Bonchev–Trinajstić information content (AvgIpc) is 3.04. The van der Waals surface area contributed by atoms with Gasteiger partial charge >= 0.3 is 0 Å². The third-order valence-corrected chi connectivity index (χ3v) is 3.50. The molecule has 0 spiro atoms. The van der Waals surface area contributed by atoms with Crippen LogP contribution in [0.1, 0.15) is 17.5 Å². The molecular formula is C17H14F2N2O2. The summed E-state index contributed by atoms with van der Waals surface area (Å²) in [5, 5.41) is 6.57. The summed E-state index contributed by atoms with van der Waals surface area (Å²) in [6, 6.07) is 11.8. The summed E-state index contributed by atoms with van der Waals surface area (Å²) in [6.45, 7) is 0.272. The summed E-state index contributed by atoms with van der Waals surface area (Å²) in [5.41, 5.74) is 1.91. The Morgan fingerprint density at radius 3 is 2.70 bits per heavy atom. The summed E-state index contributed by atoms with van der Waals surface area (Å²) >= 11 is 0. The van der Waals surface area contributed by atoms with E-state index in [4.69, 9.17) is 4.84 Å². The Morgan fingerprint density at radius 2 is 1.96 bits per heavy atom. The van der Waals surface area contributed by atoms with E-state index in [1.807, 2.05) is 0 Å². The number of carbonyl (C=O) groups excluding carboxylic acids is 1. The number of oxime groups is 1. The van der Waals surface area contributed by atoms with Crippen molar-refractivity contribution in [3.05, 3.63) is 71.3 Å². The lowest BCUT2D eigenvalue weighted by Crippen LogP contribution is -2.34. The van der Waals surface area contributed by atoms with Gasteiger partial charge in [0.15, 0.2) is 0 Å². The molecule has 0 bridgehead atoms. The van der Waals surface area contributed by atoms with Gasteiger partial charge in [-0.2, -0.15) is 0 Å². The summed E-state index contributed by atoms with van der Waals surface area (Å²) in [7, 11) is 0. The minimum atomic E-state index is -0.742. The highest BCUT2D eigenvalue weighted by Crippen LogP contribution is 2.17. The molecule has 1 atom stereocenters. The molecule has 0 aromatic heterocycles. The van der Waals surface area contributed by atoms with Crippen molar-refractivity contribution in [2.75, 3.05) is 0 Å². The molecule has 0 saturated heterocycles. The van der Waals surface area contributed by atoms with Crippen molar-refractivity contribution < 1.29 is 18.4 Å². The van der Waals surface area contributed by atoms with Gasteiger partial charge in [-0.05, 0) is 29.8 Å². The van der Waals surface area contributed by atoms with Crippen molar-refractivity contribution >= 4 is 11.6 Å². The Kier molecular flexibility index (Phi) is 4.32. The third-order valence-electron chi connectivity index (χ3n) is 3.50. The van der Waals surface area contributed by atoms with Gasteiger partial charge in [-0.3, -0.25) is 4.79 Å². The van der Waals surface area contributed by atoms with E-state index in [0.717, 1.165) is 5.56 Å². The number of halogens is 2. The highest BCUT2D eigenvalue weighted by Gasteiger charge is 2.28. The van der Waals surface area contributed by atoms with Crippen LogP contribution in [0.5, 0.6) is 0 Å². The van der Waals surface area contributed by atoms with Crippen molar-refractivity contribution in [1.29, 1.82) is 0 Å². The highest BCUT2D eigenvalue weighted by atomic mass is 19.1. The number of nitrogens with zero attached hydrogens (tertiary/aromatic N) is 1. The first kappa shape index (κ1) is 15.1. The van der Waals surface area contributed by atoms with Gasteiger partial charge < -0.3 is 10.2 Å². The van der Waals surface area contributed by atoms with Gasteiger partial charge in [0.05, 0.1) is 5.71 Å². The Hall–Kier alpha value is -2.76. The van der Waals surface area contributed by atoms with Crippen molar-refractivity contribution in [2.24, 2.45) is 5.16 Å². The van der Waals surface area contributed by atoms with Crippen LogP contribution < -0.4 is 5.32 Å². The molecule has 23 heavy (non-hydrogen) atoms. The molecule has 1 aliphatic heterocycles. The van der Waals surface area contributed by atoms with Crippen LogP contribution >= 0.6 is 0 Å². The predicted octanol–water partition coefficient (Wildman–Crippen LogP) is 2.77. The molecule has 0 saturated carbocycles. The molecule has 3 rings (SSSR count). The van der Waals surface area contributed by atoms with Crippen molar-refractivity contribution in [2.45, 2.75) is 19.1 Å². The summed E-state index contributed by atoms with van der Waals surface area (Å²) in [6.07, 6.45) is -0.465. The van der Waals surface area contributed by atoms with Crippen LogP contribution in [0.4, 0.5) is 8.78 Å². The average molecular weight is 316 g/mol. The third kappa shape index (κ3) is 3.71. The van der Waals surface area contributed by atoms with Gasteiger partial charge in [-0.15, -0.1) is 0 Å². The zero-order valence-corrected chi connectivity index (χ0v) is 12.1. The fourth-order valence-corrected chi connectivity index (χ4v) is 2.26. The molecule has 2 aromatic rings. The normalized spacial score (nSPS) is 16.6. The lowest BCUT2D eigenvalue weighted by Gasteiger charge is -2.09. The standard InChI is InChI=1S/C17H14F2N2O2/c18-13-6-4-11(5-7-13)10-20-17(22)16-9-15(21-23-16)12-2-1-3-14(19)8-12/h1-8,16H,9-10H2,(H,20,22)/t16-/m1/s1. The zero-order valence-electron chi connectivity index (χ0n) is 12.1. The minimum absolute atomic E-state index is 0.272. The molecule has 0 aliphatic carbocycles. The van der Waals surface area contributed by atoms with Gasteiger partial charge in [0.1, 0.15) is 11.6 Å². The van der Waals surface area contributed by atoms with Crippen LogP contribution in [0.2, 0.25) is 0 Å². The maximum atomic E-state index is 13.2. The molecule has 118 valence electrons. The topological polar surface area (TPSA) is 50.7 Å². The van der Waals surface area contributed by atoms with Crippen LogP contribution in [0.3, 0.4) is 0 Å². The van der Waals surface area contributed by atoms with Gasteiger partial charge in [0.25, 0.3) is 5.91 Å². The zero-order chi connectivity index (χ0) is 16.2. The molecule has 0 radical (unpaired) electrons. The lowest BCUT2D eigenvalue weighted by molar-refractivity contribution is -0.131. The summed E-state index contributed by atoms with van der Waals surface area (Å²) < 4.78 is 26.0. The van der Waals surface area contributed by atoms with E-state index in [1.165, 1.54) is 24.3 Å². The van der Waals surface area contributed by atoms with Crippen LogP contribution in [-0.4, -0.2) is 17.7 Å². The van der Waals surface area contributed by atoms with Gasteiger partial charge in [0, 0.05) is 18.5 Å². The Balaban J connectivity index is 1.55. The second kappa shape index (κ2) is 6.56. The molecule has 1 amide bonds. The van der Waals surface area contributed by atoms with Gasteiger partial charge in [0.2, 0.25) is 6.10 Å². The maximum absolute atomic E-state index is 13.2. The van der Waals surface area contributed by atoms with E-state index in [0.29, 0.717) is 11.3 Å². The van der Waals surface area contributed by atoms with Crippen LogP contribution in [-0.2, 0) is 16.2 Å². The number of benzene rings is 2. The Bertz CT molecular complexity index is 745. The van der Waals surface area contributed by atoms with E-state index in [9.17, 15) is 13.6 Å². The van der Waals surface area contributed by atoms with Crippen LogP contribution in [0, 0.1) is 11.6 Å². The second-order valence-electron chi connectivity index (χ2n) is 5.19. The van der Waals surface area contributed by atoms with E-state index in [2.05, 4.69) is 10.5 Å². The predicted molar refractivity (Wildman–Crippen MR) is 80.7 cm³/mol. The smallest absolute Gasteiger partial charge is 0.264 e. The number of hydrogen-bond acceptors (Lipinski definition) is 3. The first-order valence-electron chi connectivity index (χ1n) is 7.12. The SMILES string of the molecule is O=C(NCc1ccc(F)cc1)[C@H]1CC(c2cccc(F)c2)=NO1. The van der Waals surface area contributed by atoms with Crippen molar-refractivity contribution in [3.63, 3.8) is 0 Å². The van der Waals surface area contributed by atoms with E-state index >= 15 is 0 Å². The molecule has 1 aliphatic rings. The van der Waals surface area contributed by atoms with Crippen molar-refractivity contribution in [3.8, 4) is 0 Å². The number of amides is 1. The molecule has 6 heteroatoms. The molecule has 1 N–H and O–H groups in total. The van der Waals surface area contributed by atoms with E-state index in [-0.39, 0.29) is 30.5 Å². The monoisotopic (exact) mass is 316 g/mol. The first-order valence-corrected chi connectivity index (χ1v) is 7.12. The number of hydrogen-bond donors (Lipinski definition) is 1. The van der Waals surface area contributed by atoms with Gasteiger partial charge in [-0.1, -0.05) is 29.4 Å².